The van der Waals surface area contributed by atoms with Gasteiger partial charge >= 0.3 is 0 Å². The van der Waals surface area contributed by atoms with Crippen LogP contribution in [0.4, 0.5) is 5.69 Å². The van der Waals surface area contributed by atoms with Crippen LogP contribution in [0.2, 0.25) is 0 Å². The number of carbonyl (C=O) groups is 2. The minimum absolute atomic E-state index is 0.00275. The number of ether oxygens (including phenoxy) is 1. The molecule has 0 spiro atoms. The fourth-order valence-electron chi connectivity index (χ4n) is 2.98. The first-order chi connectivity index (χ1) is 12.8. The quantitative estimate of drug-likeness (QED) is 0.602. The van der Waals surface area contributed by atoms with Crippen LogP contribution in [-0.4, -0.2) is 33.1 Å². The van der Waals surface area contributed by atoms with Gasteiger partial charge < -0.3 is 14.6 Å². The molecule has 2 heterocycles. The highest BCUT2D eigenvalue weighted by molar-refractivity contribution is 8.00. The Morgan fingerprint density at radius 3 is 2.78 bits per heavy atom. The number of rotatable bonds is 6. The van der Waals surface area contributed by atoms with Crippen LogP contribution >= 0.6 is 11.8 Å². The number of nitrogens with zero attached hydrogens (tertiary/aromatic N) is 2. The number of hydrogen-bond donors (Lipinski definition) is 1. The Morgan fingerprint density at radius 2 is 2.07 bits per heavy atom. The van der Waals surface area contributed by atoms with E-state index in [4.69, 9.17) is 4.74 Å². The summed E-state index contributed by atoms with van der Waals surface area (Å²) in [4.78, 5) is 29.1. The third kappa shape index (κ3) is 4.18. The second-order valence-corrected chi connectivity index (χ2v) is 8.55. The fraction of sp³-hybridized carbons (Fsp3) is 0.450. The van der Waals surface area contributed by atoms with Crippen LogP contribution in [-0.2, 0) is 11.3 Å². The highest BCUT2D eigenvalue weighted by atomic mass is 32.2. The van der Waals surface area contributed by atoms with Crippen molar-refractivity contribution in [1.29, 1.82) is 0 Å². The van der Waals surface area contributed by atoms with E-state index in [1.54, 1.807) is 18.2 Å². The zero-order valence-electron chi connectivity index (χ0n) is 16.3. The van der Waals surface area contributed by atoms with E-state index in [9.17, 15) is 9.59 Å². The Morgan fingerprint density at radius 1 is 1.33 bits per heavy atom. The molecule has 1 atom stereocenters. The monoisotopic (exact) mass is 387 g/mol. The lowest BCUT2D eigenvalue weighted by atomic mass is 10.1. The molecule has 1 aromatic heterocycles. The second kappa shape index (κ2) is 7.76. The van der Waals surface area contributed by atoms with Crippen molar-refractivity contribution in [3.05, 3.63) is 35.2 Å². The maximum absolute atomic E-state index is 12.9. The SMILES string of the molecule is Cc1nc(S[C@H](C)C(=O)c2ccc3c(c2)NC(=O)CO3)n(CC(C)C)c1C. The van der Waals surface area contributed by atoms with Gasteiger partial charge in [0.1, 0.15) is 5.75 Å². The van der Waals surface area contributed by atoms with E-state index in [2.05, 4.69) is 35.6 Å². The van der Waals surface area contributed by atoms with Crippen LogP contribution in [0.1, 0.15) is 42.5 Å². The van der Waals surface area contributed by atoms with Gasteiger partial charge in [-0.3, -0.25) is 9.59 Å². The van der Waals surface area contributed by atoms with Crippen molar-refractivity contribution in [3.8, 4) is 5.75 Å². The van der Waals surface area contributed by atoms with E-state index in [-0.39, 0.29) is 23.5 Å². The first-order valence-electron chi connectivity index (χ1n) is 9.07. The molecule has 0 unspecified atom stereocenters. The number of fused-ring (bicyclic) bond motifs is 1. The largest absolute Gasteiger partial charge is 0.482 e. The summed E-state index contributed by atoms with van der Waals surface area (Å²) in [7, 11) is 0. The average Bonchev–Trinajstić information content (AvgIpc) is 2.87. The van der Waals surface area contributed by atoms with Gasteiger partial charge in [0, 0.05) is 17.8 Å². The Kier molecular flexibility index (Phi) is 5.60. The molecule has 1 aliphatic rings. The van der Waals surface area contributed by atoms with Crippen molar-refractivity contribution < 1.29 is 14.3 Å². The minimum atomic E-state index is -0.296. The molecule has 3 rings (SSSR count). The fourth-order valence-corrected chi connectivity index (χ4v) is 4.06. The van der Waals surface area contributed by atoms with Gasteiger partial charge in [0.15, 0.2) is 17.5 Å². The molecule has 0 bridgehead atoms. The highest BCUT2D eigenvalue weighted by Crippen LogP contribution is 2.32. The number of benzene rings is 1. The third-order valence-electron chi connectivity index (χ3n) is 4.52. The van der Waals surface area contributed by atoms with E-state index in [1.165, 1.54) is 11.8 Å². The smallest absolute Gasteiger partial charge is 0.262 e. The lowest BCUT2D eigenvalue weighted by Gasteiger charge is -2.19. The van der Waals surface area contributed by atoms with Crippen molar-refractivity contribution in [2.75, 3.05) is 11.9 Å². The summed E-state index contributed by atoms with van der Waals surface area (Å²) in [6.07, 6.45) is 0. The molecule has 0 fully saturated rings. The van der Waals surface area contributed by atoms with E-state index in [0.29, 0.717) is 22.9 Å². The molecule has 0 saturated heterocycles. The Labute approximate surface area is 163 Å². The van der Waals surface area contributed by atoms with Gasteiger partial charge in [0.25, 0.3) is 5.91 Å². The number of hydrogen-bond acceptors (Lipinski definition) is 5. The number of nitrogens with one attached hydrogen (secondary N) is 1. The Hall–Kier alpha value is -2.28. The van der Waals surface area contributed by atoms with Gasteiger partial charge in [-0.05, 0) is 44.9 Å². The summed E-state index contributed by atoms with van der Waals surface area (Å²) < 4.78 is 7.54. The van der Waals surface area contributed by atoms with Gasteiger partial charge in [0.2, 0.25) is 0 Å². The zero-order chi connectivity index (χ0) is 19.7. The number of carbonyl (C=O) groups excluding carboxylic acids is 2. The molecule has 7 heteroatoms. The van der Waals surface area contributed by atoms with Crippen molar-refractivity contribution in [1.82, 2.24) is 9.55 Å². The van der Waals surface area contributed by atoms with Crippen molar-refractivity contribution in [2.45, 2.75) is 51.6 Å². The number of thioether (sulfide) groups is 1. The zero-order valence-corrected chi connectivity index (χ0v) is 17.1. The van der Waals surface area contributed by atoms with Crippen LogP contribution in [0.3, 0.4) is 0 Å². The molecule has 0 aliphatic carbocycles. The van der Waals surface area contributed by atoms with Gasteiger partial charge in [-0.2, -0.15) is 0 Å². The van der Waals surface area contributed by atoms with Crippen LogP contribution in [0.25, 0.3) is 0 Å². The molecule has 0 radical (unpaired) electrons. The summed E-state index contributed by atoms with van der Waals surface area (Å²) >= 11 is 1.47. The summed E-state index contributed by atoms with van der Waals surface area (Å²) in [6, 6.07) is 5.16. The Balaban J connectivity index is 1.80. The van der Waals surface area contributed by atoms with Crippen LogP contribution in [0, 0.1) is 19.8 Å². The molecular weight excluding hydrogens is 362 g/mol. The molecule has 144 valence electrons. The predicted octanol–water partition coefficient (Wildman–Crippen LogP) is 3.85. The molecule has 1 aliphatic heterocycles. The number of imidazole rings is 1. The molecule has 6 nitrogen and oxygen atoms in total. The summed E-state index contributed by atoms with van der Waals surface area (Å²) in [5, 5.41) is 3.32. The number of ketones is 1. The highest BCUT2D eigenvalue weighted by Gasteiger charge is 2.23. The third-order valence-corrected chi connectivity index (χ3v) is 5.61. The molecular formula is C20H25N3O3S. The lowest BCUT2D eigenvalue weighted by Crippen LogP contribution is -2.25. The summed E-state index contributed by atoms with van der Waals surface area (Å²) in [5.74, 6) is 0.866. The van der Waals surface area contributed by atoms with E-state index in [1.807, 2.05) is 13.8 Å². The van der Waals surface area contributed by atoms with Gasteiger partial charge in [0.05, 0.1) is 16.6 Å². The van der Waals surface area contributed by atoms with Gasteiger partial charge in [-0.15, -0.1) is 0 Å². The first kappa shape index (κ1) is 19.5. The van der Waals surface area contributed by atoms with Crippen molar-refractivity contribution >= 4 is 29.1 Å². The van der Waals surface area contributed by atoms with Crippen molar-refractivity contribution in [3.63, 3.8) is 0 Å². The van der Waals surface area contributed by atoms with Crippen LogP contribution < -0.4 is 10.1 Å². The second-order valence-electron chi connectivity index (χ2n) is 7.24. The van der Waals surface area contributed by atoms with Crippen LogP contribution in [0.15, 0.2) is 23.4 Å². The molecule has 1 aromatic carbocycles. The topological polar surface area (TPSA) is 73.2 Å². The number of Topliss-reactive ketones (excluding diaryl/α,β-unsaturated/α-hetero) is 1. The summed E-state index contributed by atoms with van der Waals surface area (Å²) in [5.41, 5.74) is 3.23. The van der Waals surface area contributed by atoms with E-state index >= 15 is 0 Å². The van der Waals surface area contributed by atoms with Crippen molar-refractivity contribution in [2.24, 2.45) is 5.92 Å². The average molecular weight is 388 g/mol. The molecule has 1 N–H and O–H groups in total. The first-order valence-corrected chi connectivity index (χ1v) is 9.95. The van der Waals surface area contributed by atoms with E-state index in [0.717, 1.165) is 23.1 Å². The lowest BCUT2D eigenvalue weighted by molar-refractivity contribution is -0.118. The molecule has 2 aromatic rings. The predicted molar refractivity (Wildman–Crippen MR) is 107 cm³/mol. The molecule has 1 amide bonds. The number of aryl methyl sites for hydroxylation is 1. The standard InChI is InChI=1S/C20H25N3O3S/c1-11(2)9-23-13(4)12(3)21-20(23)27-14(5)19(25)15-6-7-17-16(8-15)22-18(24)10-26-17/h6-8,11,14H,9-10H2,1-5H3,(H,22,24)/t14-/m1/s1. The number of aromatic nitrogens is 2. The molecule has 27 heavy (non-hydrogen) atoms. The number of amides is 1. The van der Waals surface area contributed by atoms with E-state index < -0.39 is 0 Å². The Bertz CT molecular complexity index is 889. The molecule has 0 saturated carbocycles. The minimum Gasteiger partial charge on any atom is -0.482 e. The maximum atomic E-state index is 12.9. The van der Waals surface area contributed by atoms with Gasteiger partial charge in [-0.1, -0.05) is 25.6 Å². The van der Waals surface area contributed by atoms with Gasteiger partial charge in [-0.25, -0.2) is 4.98 Å². The number of anilines is 1. The van der Waals surface area contributed by atoms with Crippen LogP contribution in [0.5, 0.6) is 5.75 Å². The normalized spacial score (nSPS) is 14.5. The summed E-state index contributed by atoms with van der Waals surface area (Å²) in [6.45, 7) is 11.2. The maximum Gasteiger partial charge on any atom is 0.262 e.